The van der Waals surface area contributed by atoms with E-state index >= 15 is 0 Å². The summed E-state index contributed by atoms with van der Waals surface area (Å²) in [7, 11) is 0. The summed E-state index contributed by atoms with van der Waals surface area (Å²) in [6, 6.07) is 7.35. The van der Waals surface area contributed by atoms with Crippen LogP contribution < -0.4 is 69.3 Å². The van der Waals surface area contributed by atoms with Crippen LogP contribution in [-0.4, -0.2) is 16.0 Å². The Hall–Kier alpha value is 0.470. The predicted molar refractivity (Wildman–Crippen MR) is 64.6 cm³/mol. The van der Waals surface area contributed by atoms with E-state index in [1.54, 1.807) is 6.07 Å². The number of nitrogens with zero attached hydrogens (tertiary/aromatic N) is 1. The molecule has 0 aliphatic rings. The number of carbonyl (C=O) groups excluding carboxylic acids is 1. The first-order valence-corrected chi connectivity index (χ1v) is 6.06. The van der Waals surface area contributed by atoms with Gasteiger partial charge in [0.15, 0.2) is 0 Å². The van der Waals surface area contributed by atoms with E-state index in [2.05, 4.69) is 17.2 Å². The van der Waals surface area contributed by atoms with Crippen molar-refractivity contribution in [2.45, 2.75) is 12.3 Å². The molecule has 1 aromatic heterocycles. The maximum absolute atomic E-state index is 11.2. The number of thiocarbonyl (C=S) groups is 1. The minimum atomic E-state index is -1.30. The second kappa shape index (κ2) is 8.69. The molecular formula is C11H7NNa2O3S2. The Bertz CT molecular complexity index is 555. The third-order valence-corrected chi connectivity index (χ3v) is 3.70. The Morgan fingerprint density at radius 2 is 1.95 bits per heavy atom. The predicted octanol–water partition coefficient (Wildman–Crippen LogP) is -5.78. The zero-order chi connectivity index (χ0) is 12.4. The van der Waals surface area contributed by atoms with E-state index < -0.39 is 23.4 Å². The number of thiazole rings is 1. The van der Waals surface area contributed by atoms with Crippen LogP contribution in [0.4, 0.5) is 0 Å². The number of hydrogen-bond donors (Lipinski definition) is 0. The van der Waals surface area contributed by atoms with E-state index in [4.69, 9.17) is 0 Å². The summed E-state index contributed by atoms with van der Waals surface area (Å²) >= 11 is 5.83. The molecule has 0 aliphatic carbocycles. The summed E-state index contributed by atoms with van der Waals surface area (Å²) in [4.78, 5) is 14.8. The van der Waals surface area contributed by atoms with Crippen LogP contribution in [0, 0.1) is 0 Å². The topological polar surface area (TPSA) is 76.1 Å². The molecule has 2 aromatic rings. The fourth-order valence-corrected chi connectivity index (χ4v) is 2.81. The molecule has 4 nitrogen and oxygen atoms in total. The molecule has 2 rings (SSSR count). The van der Waals surface area contributed by atoms with E-state index in [-0.39, 0.29) is 59.1 Å². The zero-order valence-electron chi connectivity index (χ0n) is 10.6. The third-order valence-electron chi connectivity index (χ3n) is 2.26. The van der Waals surface area contributed by atoms with E-state index in [1.807, 2.05) is 18.2 Å². The quantitative estimate of drug-likeness (QED) is 0.415. The molecule has 88 valence electrons. The average molecular weight is 311 g/mol. The van der Waals surface area contributed by atoms with Crippen LogP contribution in [0.2, 0.25) is 0 Å². The number of aromatic nitrogens is 1. The first-order valence-electron chi connectivity index (χ1n) is 4.84. The van der Waals surface area contributed by atoms with Crippen LogP contribution in [0.5, 0.6) is 0 Å². The fraction of sp³-hybridized carbons (Fsp3) is 0.182. The Kier molecular flexibility index (Phi) is 8.90. The Morgan fingerprint density at radius 3 is 2.47 bits per heavy atom. The van der Waals surface area contributed by atoms with Gasteiger partial charge in [0.25, 0.3) is 0 Å². The number of fused-ring (bicyclic) bond motifs is 1. The van der Waals surface area contributed by atoms with Gasteiger partial charge in [-0.05, 0) is 18.6 Å². The van der Waals surface area contributed by atoms with Crippen molar-refractivity contribution in [2.75, 3.05) is 0 Å². The molecule has 1 heterocycles. The van der Waals surface area contributed by atoms with Crippen LogP contribution in [0.15, 0.2) is 24.3 Å². The normalized spacial score (nSPS) is 11.2. The zero-order valence-corrected chi connectivity index (χ0v) is 16.2. The molecule has 1 atom stereocenters. The van der Waals surface area contributed by atoms with Gasteiger partial charge < -0.3 is 15.0 Å². The minimum absolute atomic E-state index is 0. The van der Waals surface area contributed by atoms with Gasteiger partial charge in [-0.2, -0.15) is 0 Å². The third kappa shape index (κ3) is 5.06. The van der Waals surface area contributed by atoms with Gasteiger partial charge in [-0.25, -0.2) is 4.98 Å². The van der Waals surface area contributed by atoms with Crippen molar-refractivity contribution in [3.8, 4) is 0 Å². The molecule has 1 aromatic carbocycles. The Labute approximate surface area is 163 Å². The molecule has 0 radical (unpaired) electrons. The van der Waals surface area contributed by atoms with Crippen LogP contribution in [0.25, 0.3) is 10.2 Å². The van der Waals surface area contributed by atoms with Crippen molar-refractivity contribution in [1.29, 1.82) is 0 Å². The number of carbonyl (C=O) groups is 1. The number of hydrogen-bond acceptors (Lipinski definition) is 6. The number of benzene rings is 1. The summed E-state index contributed by atoms with van der Waals surface area (Å²) in [5.74, 6) is -2.18. The van der Waals surface area contributed by atoms with Crippen molar-refractivity contribution in [1.82, 2.24) is 4.98 Å². The van der Waals surface area contributed by atoms with Crippen LogP contribution >= 0.6 is 23.6 Å². The van der Waals surface area contributed by atoms with Gasteiger partial charge in [-0.15, -0.1) is 23.6 Å². The van der Waals surface area contributed by atoms with Crippen LogP contribution in [0.1, 0.15) is 17.3 Å². The molecule has 0 N–H and O–H groups in total. The summed E-state index contributed by atoms with van der Waals surface area (Å²) in [5, 5.41) is 21.6. The van der Waals surface area contributed by atoms with Gasteiger partial charge in [0.05, 0.1) is 10.2 Å². The average Bonchev–Trinajstić information content (AvgIpc) is 2.68. The molecule has 19 heavy (non-hydrogen) atoms. The fourth-order valence-electron chi connectivity index (χ4n) is 1.48. The van der Waals surface area contributed by atoms with Gasteiger partial charge in [0.1, 0.15) is 5.01 Å². The second-order valence-electron chi connectivity index (χ2n) is 3.47. The molecule has 0 saturated heterocycles. The molecule has 0 fully saturated rings. The standard InChI is InChI=1S/C11H9NO3S2.2Na/c13-9(14)5-6(11(15)16)10-12-7-3-1-2-4-8(7)17-10;;/h1-4,6H,5H2,(H,13,14)(H,15,16);;/q;2*+1/p-2. The van der Waals surface area contributed by atoms with Crippen molar-refractivity contribution in [3.63, 3.8) is 0 Å². The molecule has 0 bridgehead atoms. The summed E-state index contributed by atoms with van der Waals surface area (Å²) in [6.07, 6.45) is -0.415. The maximum atomic E-state index is 11.2. The van der Waals surface area contributed by atoms with E-state index in [0.717, 1.165) is 10.2 Å². The van der Waals surface area contributed by atoms with Crippen LogP contribution in [0.3, 0.4) is 0 Å². The van der Waals surface area contributed by atoms with Gasteiger partial charge in [-0.3, -0.25) is 0 Å². The molecule has 8 heteroatoms. The number of carboxylic acids is 1. The first kappa shape index (κ1) is 19.5. The summed E-state index contributed by atoms with van der Waals surface area (Å²) < 4.78 is 0.905. The first-order chi connectivity index (χ1) is 8.08. The van der Waals surface area contributed by atoms with Crippen molar-refractivity contribution < 1.29 is 74.1 Å². The Morgan fingerprint density at radius 1 is 1.32 bits per heavy atom. The number of aliphatic carboxylic acids is 1. The minimum Gasteiger partial charge on any atom is -0.867 e. The molecule has 1 unspecified atom stereocenters. The molecule has 0 saturated carbocycles. The van der Waals surface area contributed by atoms with Crippen LogP contribution in [-0.2, 0) is 4.79 Å². The van der Waals surface area contributed by atoms with E-state index in [1.165, 1.54) is 11.3 Å². The number of rotatable bonds is 4. The molecule has 0 aliphatic heterocycles. The van der Waals surface area contributed by atoms with E-state index in [0.29, 0.717) is 5.01 Å². The molecule has 0 amide bonds. The van der Waals surface area contributed by atoms with Gasteiger partial charge >= 0.3 is 59.1 Å². The second-order valence-corrected chi connectivity index (χ2v) is 4.93. The number of para-hydroxylation sites is 1. The van der Waals surface area contributed by atoms with Gasteiger partial charge in [0, 0.05) is 11.9 Å². The molecule has 0 spiro atoms. The number of carboxylic acid groups (broad SMARTS) is 1. The van der Waals surface area contributed by atoms with Gasteiger partial charge in [0.2, 0.25) is 0 Å². The summed E-state index contributed by atoms with van der Waals surface area (Å²) in [5.41, 5.74) is 0.743. The van der Waals surface area contributed by atoms with Gasteiger partial charge in [-0.1, -0.05) is 17.2 Å². The maximum Gasteiger partial charge on any atom is 1.00 e. The SMILES string of the molecule is O=C([O-])CC(C([O-])=S)c1nc2ccccc2s1.[Na+].[Na+]. The van der Waals surface area contributed by atoms with Crippen molar-refractivity contribution in [3.05, 3.63) is 29.3 Å². The van der Waals surface area contributed by atoms with E-state index in [9.17, 15) is 15.0 Å². The smallest absolute Gasteiger partial charge is 0.867 e. The largest absolute Gasteiger partial charge is 1.00 e. The van der Waals surface area contributed by atoms with Crippen molar-refractivity contribution >= 4 is 44.8 Å². The molecular weight excluding hydrogens is 304 g/mol. The monoisotopic (exact) mass is 311 g/mol. The Balaban J connectivity index is 0.00000162. The van der Waals surface area contributed by atoms with Crippen molar-refractivity contribution in [2.24, 2.45) is 0 Å². The summed E-state index contributed by atoms with van der Waals surface area (Å²) in [6.45, 7) is 0.